The van der Waals surface area contributed by atoms with Gasteiger partial charge in [-0.05, 0) is 19.8 Å². The molecule has 0 aromatic heterocycles. The first-order chi connectivity index (χ1) is 6.16. The van der Waals surface area contributed by atoms with Crippen molar-refractivity contribution in [2.75, 3.05) is 0 Å². The fourth-order valence-corrected chi connectivity index (χ4v) is 1.00. The number of nitrogens with two attached hydrogens (primary N) is 2. The van der Waals surface area contributed by atoms with Crippen LogP contribution in [0.5, 0.6) is 0 Å². The Hall–Kier alpha value is -1.06. The number of unbranched alkanes of at least 4 members (excludes halogenated alkanes) is 3. The summed E-state index contributed by atoms with van der Waals surface area (Å²) in [6.07, 6.45) is 5.95. The van der Waals surface area contributed by atoms with Crippen molar-refractivity contribution in [1.82, 2.24) is 0 Å². The summed E-state index contributed by atoms with van der Waals surface area (Å²) in [4.78, 5) is 0. The second-order valence-corrected chi connectivity index (χ2v) is 3.17. The highest BCUT2D eigenvalue weighted by molar-refractivity contribution is 5.83. The normalized spacial score (nSPS) is 11.4. The van der Waals surface area contributed by atoms with Gasteiger partial charge >= 0.3 is 0 Å². The van der Waals surface area contributed by atoms with E-state index in [1.807, 2.05) is 6.92 Å². The third-order valence-corrected chi connectivity index (χ3v) is 1.73. The van der Waals surface area contributed by atoms with E-state index in [9.17, 15) is 0 Å². The molecule has 0 aromatic carbocycles. The molecule has 0 heterocycles. The lowest BCUT2D eigenvalue weighted by Gasteiger charge is -1.97. The molecule has 0 amide bonds. The molecule has 0 aromatic rings. The molecule has 0 rings (SSSR count). The third kappa shape index (κ3) is 8.85. The van der Waals surface area contributed by atoms with E-state index in [1.54, 1.807) is 0 Å². The summed E-state index contributed by atoms with van der Waals surface area (Å²) >= 11 is 0. The van der Waals surface area contributed by atoms with Crippen molar-refractivity contribution >= 4 is 11.7 Å². The van der Waals surface area contributed by atoms with Crippen molar-refractivity contribution in [1.29, 1.82) is 0 Å². The summed E-state index contributed by atoms with van der Waals surface area (Å²) in [5, 5.41) is 7.46. The molecule has 0 fully saturated rings. The van der Waals surface area contributed by atoms with Crippen LogP contribution in [-0.4, -0.2) is 11.7 Å². The van der Waals surface area contributed by atoms with Crippen molar-refractivity contribution in [2.45, 2.75) is 46.0 Å². The largest absolute Gasteiger partial charge is 0.369 e. The van der Waals surface area contributed by atoms with Gasteiger partial charge in [0.1, 0.15) is 0 Å². The first-order valence-corrected chi connectivity index (χ1v) is 4.79. The molecule has 76 valence electrons. The highest BCUT2D eigenvalue weighted by Crippen LogP contribution is 2.03. The molecule has 13 heavy (non-hydrogen) atoms. The molecule has 0 unspecified atom stereocenters. The minimum absolute atomic E-state index is 0.0212. The molecule has 0 aliphatic carbocycles. The Labute approximate surface area is 80.1 Å². The zero-order valence-corrected chi connectivity index (χ0v) is 8.58. The Morgan fingerprint density at radius 2 is 1.77 bits per heavy atom. The molecule has 4 nitrogen and oxygen atoms in total. The maximum absolute atomic E-state index is 5.14. The number of rotatable bonds is 6. The Kier molecular flexibility index (Phi) is 6.96. The molecular weight excluding hydrogens is 164 g/mol. The van der Waals surface area contributed by atoms with Crippen LogP contribution >= 0.6 is 0 Å². The molecule has 0 bridgehead atoms. The standard InChI is InChI=1S/C9H20N4/c1-3-4-5-6-7-8(2)12-13-9(10)11/h3-7H2,1-2H3,(H4,10,11,13). The van der Waals surface area contributed by atoms with Crippen LogP contribution in [0.3, 0.4) is 0 Å². The van der Waals surface area contributed by atoms with Gasteiger partial charge in [0.25, 0.3) is 0 Å². The van der Waals surface area contributed by atoms with Crippen molar-refractivity contribution in [2.24, 2.45) is 21.7 Å². The molecule has 0 spiro atoms. The second-order valence-electron chi connectivity index (χ2n) is 3.17. The van der Waals surface area contributed by atoms with Crippen molar-refractivity contribution in [3.05, 3.63) is 0 Å². The number of nitrogens with zero attached hydrogens (tertiary/aromatic N) is 2. The average Bonchev–Trinajstić information content (AvgIpc) is 2.09. The lowest BCUT2D eigenvalue weighted by molar-refractivity contribution is 0.682. The van der Waals surface area contributed by atoms with Crippen LogP contribution in [0.1, 0.15) is 46.0 Å². The highest BCUT2D eigenvalue weighted by atomic mass is 15.3. The summed E-state index contributed by atoms with van der Waals surface area (Å²) in [6.45, 7) is 4.14. The third-order valence-electron chi connectivity index (χ3n) is 1.73. The molecule has 0 aliphatic heterocycles. The summed E-state index contributed by atoms with van der Waals surface area (Å²) < 4.78 is 0. The molecule has 0 saturated heterocycles. The van der Waals surface area contributed by atoms with Gasteiger partial charge in [-0.15, -0.1) is 5.10 Å². The minimum atomic E-state index is 0.0212. The van der Waals surface area contributed by atoms with Crippen LogP contribution in [0.25, 0.3) is 0 Å². The van der Waals surface area contributed by atoms with Gasteiger partial charge in [0, 0.05) is 5.71 Å². The summed E-state index contributed by atoms with van der Waals surface area (Å²) in [6, 6.07) is 0. The first-order valence-electron chi connectivity index (χ1n) is 4.79. The highest BCUT2D eigenvalue weighted by Gasteiger charge is 1.91. The molecule has 4 heteroatoms. The second kappa shape index (κ2) is 7.58. The van der Waals surface area contributed by atoms with E-state index in [-0.39, 0.29) is 5.96 Å². The molecule has 0 radical (unpaired) electrons. The smallest absolute Gasteiger partial charge is 0.211 e. The van der Waals surface area contributed by atoms with E-state index in [2.05, 4.69) is 17.1 Å². The Bertz CT molecular complexity index is 180. The Balaban J connectivity index is 3.55. The Morgan fingerprint density at radius 3 is 2.31 bits per heavy atom. The van der Waals surface area contributed by atoms with Gasteiger partial charge in [0.15, 0.2) is 0 Å². The zero-order valence-electron chi connectivity index (χ0n) is 8.58. The van der Waals surface area contributed by atoms with Crippen LogP contribution in [0.2, 0.25) is 0 Å². The van der Waals surface area contributed by atoms with Crippen molar-refractivity contribution in [3.63, 3.8) is 0 Å². The SMILES string of the molecule is CCCCCCC(C)=NN=C(N)N. The van der Waals surface area contributed by atoms with Crippen LogP contribution < -0.4 is 11.5 Å². The predicted molar refractivity (Wildman–Crippen MR) is 57.7 cm³/mol. The molecule has 4 N–H and O–H groups in total. The maximum atomic E-state index is 5.14. The number of hydrogen-bond acceptors (Lipinski definition) is 2. The fourth-order valence-electron chi connectivity index (χ4n) is 1.00. The van der Waals surface area contributed by atoms with Gasteiger partial charge in [0.05, 0.1) is 0 Å². The van der Waals surface area contributed by atoms with Crippen molar-refractivity contribution in [3.8, 4) is 0 Å². The molecule has 0 atom stereocenters. The van der Waals surface area contributed by atoms with E-state index in [4.69, 9.17) is 11.5 Å². The average molecular weight is 184 g/mol. The number of hydrogen-bond donors (Lipinski definition) is 2. The number of guanidine groups is 1. The van der Waals surface area contributed by atoms with Crippen LogP contribution in [0, 0.1) is 0 Å². The van der Waals surface area contributed by atoms with E-state index in [1.165, 1.54) is 25.7 Å². The van der Waals surface area contributed by atoms with Crippen LogP contribution in [0.15, 0.2) is 10.2 Å². The molecule has 0 aliphatic rings. The summed E-state index contributed by atoms with van der Waals surface area (Å²) in [7, 11) is 0. The van der Waals surface area contributed by atoms with Gasteiger partial charge in [-0.25, -0.2) is 0 Å². The van der Waals surface area contributed by atoms with Crippen LogP contribution in [-0.2, 0) is 0 Å². The minimum Gasteiger partial charge on any atom is -0.369 e. The maximum Gasteiger partial charge on any atom is 0.211 e. The molecule has 0 saturated carbocycles. The Morgan fingerprint density at radius 1 is 1.08 bits per heavy atom. The lowest BCUT2D eigenvalue weighted by Crippen LogP contribution is -2.22. The zero-order chi connectivity index (χ0) is 10.1. The van der Waals surface area contributed by atoms with E-state index in [0.29, 0.717) is 0 Å². The lowest BCUT2D eigenvalue weighted by atomic mass is 10.1. The fraction of sp³-hybridized carbons (Fsp3) is 0.778. The van der Waals surface area contributed by atoms with Gasteiger partial charge in [-0.3, -0.25) is 0 Å². The summed E-state index contributed by atoms with van der Waals surface area (Å²) in [5.74, 6) is 0.0212. The van der Waals surface area contributed by atoms with Gasteiger partial charge in [-0.1, -0.05) is 26.2 Å². The van der Waals surface area contributed by atoms with E-state index < -0.39 is 0 Å². The van der Waals surface area contributed by atoms with Gasteiger partial charge in [0.2, 0.25) is 5.96 Å². The topological polar surface area (TPSA) is 76.8 Å². The van der Waals surface area contributed by atoms with E-state index >= 15 is 0 Å². The summed E-state index contributed by atoms with van der Waals surface area (Å²) in [5.41, 5.74) is 11.3. The van der Waals surface area contributed by atoms with E-state index in [0.717, 1.165) is 12.1 Å². The van der Waals surface area contributed by atoms with Gasteiger partial charge in [-0.2, -0.15) is 5.10 Å². The molecular formula is C9H20N4. The van der Waals surface area contributed by atoms with Crippen molar-refractivity contribution < 1.29 is 0 Å². The van der Waals surface area contributed by atoms with Crippen LogP contribution in [0.4, 0.5) is 0 Å². The van der Waals surface area contributed by atoms with Gasteiger partial charge < -0.3 is 11.5 Å². The monoisotopic (exact) mass is 184 g/mol. The predicted octanol–water partition coefficient (Wildman–Crippen LogP) is 1.61. The first kappa shape index (κ1) is 11.9. The quantitative estimate of drug-likeness (QED) is 0.285.